The van der Waals surface area contributed by atoms with Crippen LogP contribution in [0.3, 0.4) is 0 Å². The highest BCUT2D eigenvalue weighted by Crippen LogP contribution is 2.34. The lowest BCUT2D eigenvalue weighted by molar-refractivity contribution is -0.384. The second-order valence-electron chi connectivity index (χ2n) is 5.82. The molecular formula is C18H18ClN3O4S. The van der Waals surface area contributed by atoms with E-state index in [0.717, 1.165) is 10.6 Å². The number of nitro groups is 1. The number of thioether (sulfide) groups is 1. The summed E-state index contributed by atoms with van der Waals surface area (Å²) in [5.74, 6) is 0.0162. The molecule has 1 N–H and O–H groups in total. The van der Waals surface area contributed by atoms with Crippen LogP contribution in [-0.2, 0) is 9.53 Å². The fourth-order valence-corrected chi connectivity index (χ4v) is 3.72. The molecule has 0 spiro atoms. The Morgan fingerprint density at radius 2 is 1.93 bits per heavy atom. The first-order valence-electron chi connectivity index (χ1n) is 8.33. The number of benzene rings is 2. The van der Waals surface area contributed by atoms with Crippen molar-refractivity contribution < 1.29 is 14.5 Å². The van der Waals surface area contributed by atoms with E-state index in [1.54, 1.807) is 24.3 Å². The Morgan fingerprint density at radius 1 is 1.22 bits per heavy atom. The van der Waals surface area contributed by atoms with Crippen LogP contribution in [0.1, 0.15) is 0 Å². The van der Waals surface area contributed by atoms with Gasteiger partial charge in [-0.15, -0.1) is 11.8 Å². The van der Waals surface area contributed by atoms with Gasteiger partial charge in [0.15, 0.2) is 0 Å². The molecule has 142 valence electrons. The molecule has 2 aromatic carbocycles. The maximum Gasteiger partial charge on any atom is 0.269 e. The van der Waals surface area contributed by atoms with Crippen molar-refractivity contribution in [1.82, 2.24) is 0 Å². The molecule has 1 fully saturated rings. The number of nitrogens with zero attached hydrogens (tertiary/aromatic N) is 2. The van der Waals surface area contributed by atoms with Crippen molar-refractivity contribution in [2.75, 3.05) is 42.3 Å². The number of amides is 1. The molecule has 7 nitrogen and oxygen atoms in total. The van der Waals surface area contributed by atoms with Gasteiger partial charge in [0, 0.05) is 30.1 Å². The van der Waals surface area contributed by atoms with Crippen LogP contribution in [0.5, 0.6) is 0 Å². The summed E-state index contributed by atoms with van der Waals surface area (Å²) >= 11 is 7.68. The topological polar surface area (TPSA) is 84.7 Å². The first kappa shape index (κ1) is 19.5. The number of non-ortho nitro benzene ring substituents is 1. The lowest BCUT2D eigenvalue weighted by Crippen LogP contribution is -2.37. The van der Waals surface area contributed by atoms with Crippen molar-refractivity contribution in [1.29, 1.82) is 0 Å². The Labute approximate surface area is 165 Å². The number of morpholine rings is 1. The summed E-state index contributed by atoms with van der Waals surface area (Å²) in [6, 6.07) is 11.5. The summed E-state index contributed by atoms with van der Waals surface area (Å²) in [5, 5.41) is 14.2. The lowest BCUT2D eigenvalue weighted by atomic mass is 10.2. The summed E-state index contributed by atoms with van der Waals surface area (Å²) in [5.41, 5.74) is 1.49. The maximum atomic E-state index is 12.4. The number of ether oxygens (including phenoxy) is 1. The number of hydrogen-bond acceptors (Lipinski definition) is 6. The number of carbonyl (C=O) groups is 1. The molecule has 0 saturated carbocycles. The molecule has 1 aliphatic heterocycles. The quantitative estimate of drug-likeness (QED) is 0.445. The Balaban J connectivity index is 1.63. The Morgan fingerprint density at radius 3 is 2.59 bits per heavy atom. The molecule has 0 unspecified atom stereocenters. The summed E-state index contributed by atoms with van der Waals surface area (Å²) in [6.07, 6.45) is 0. The minimum atomic E-state index is -0.451. The standard InChI is InChI=1S/C18H18ClN3O4S/c19-15-2-1-3-16(18(15)21-8-10-26-11-9-21)20-17(23)12-27-14-6-4-13(5-7-14)22(24)25/h1-7H,8-12H2,(H,20,23). The van der Waals surface area contributed by atoms with E-state index in [9.17, 15) is 14.9 Å². The van der Waals surface area contributed by atoms with Gasteiger partial charge in [0.2, 0.25) is 5.91 Å². The van der Waals surface area contributed by atoms with Crippen molar-refractivity contribution in [3.05, 3.63) is 57.6 Å². The summed E-state index contributed by atoms with van der Waals surface area (Å²) < 4.78 is 5.38. The van der Waals surface area contributed by atoms with Gasteiger partial charge in [0.1, 0.15) is 0 Å². The molecule has 1 saturated heterocycles. The minimum absolute atomic E-state index is 0.0258. The molecule has 1 aliphatic rings. The molecule has 9 heteroatoms. The first-order chi connectivity index (χ1) is 13.0. The number of para-hydroxylation sites is 1. The lowest BCUT2D eigenvalue weighted by Gasteiger charge is -2.31. The number of anilines is 2. The molecule has 0 radical (unpaired) electrons. The van der Waals surface area contributed by atoms with E-state index < -0.39 is 4.92 Å². The van der Waals surface area contributed by atoms with Crippen LogP contribution in [0.4, 0.5) is 17.1 Å². The van der Waals surface area contributed by atoms with Crippen LogP contribution in [0, 0.1) is 10.1 Å². The predicted octanol–water partition coefficient (Wildman–Crippen LogP) is 3.82. The third kappa shape index (κ3) is 5.12. The second kappa shape index (κ2) is 9.07. The van der Waals surface area contributed by atoms with Crippen molar-refractivity contribution in [2.45, 2.75) is 4.90 Å². The van der Waals surface area contributed by atoms with Gasteiger partial charge in [-0.2, -0.15) is 0 Å². The number of hydrogen-bond donors (Lipinski definition) is 1. The highest BCUT2D eigenvalue weighted by atomic mass is 35.5. The molecule has 0 atom stereocenters. The average Bonchev–Trinajstić information content (AvgIpc) is 2.67. The number of rotatable bonds is 6. The van der Waals surface area contributed by atoms with Crippen molar-refractivity contribution in [2.24, 2.45) is 0 Å². The third-order valence-electron chi connectivity index (χ3n) is 4.01. The molecule has 1 amide bonds. The fourth-order valence-electron chi connectivity index (χ4n) is 2.72. The summed E-state index contributed by atoms with van der Waals surface area (Å²) in [7, 11) is 0. The zero-order valence-corrected chi connectivity index (χ0v) is 16.0. The first-order valence-corrected chi connectivity index (χ1v) is 9.69. The van der Waals surface area contributed by atoms with Gasteiger partial charge in [0.25, 0.3) is 5.69 Å². The normalized spacial score (nSPS) is 14.0. The molecule has 0 aliphatic carbocycles. The largest absolute Gasteiger partial charge is 0.378 e. The van der Waals surface area contributed by atoms with E-state index in [1.807, 2.05) is 6.07 Å². The van der Waals surface area contributed by atoms with Gasteiger partial charge in [-0.1, -0.05) is 17.7 Å². The molecule has 0 aromatic heterocycles. The monoisotopic (exact) mass is 407 g/mol. The molecule has 27 heavy (non-hydrogen) atoms. The minimum Gasteiger partial charge on any atom is -0.378 e. The fraction of sp³-hybridized carbons (Fsp3) is 0.278. The van der Waals surface area contributed by atoms with E-state index in [-0.39, 0.29) is 17.3 Å². The van der Waals surface area contributed by atoms with Crippen molar-refractivity contribution in [3.8, 4) is 0 Å². The van der Waals surface area contributed by atoms with Gasteiger partial charge >= 0.3 is 0 Å². The molecule has 1 heterocycles. The maximum absolute atomic E-state index is 12.4. The molecule has 3 rings (SSSR count). The van der Waals surface area contributed by atoms with E-state index in [2.05, 4.69) is 10.2 Å². The average molecular weight is 408 g/mol. The number of carbonyl (C=O) groups excluding carboxylic acids is 1. The Hall–Kier alpha value is -2.29. The van der Waals surface area contributed by atoms with Crippen LogP contribution in [-0.4, -0.2) is 42.9 Å². The zero-order chi connectivity index (χ0) is 19.2. The Kier molecular flexibility index (Phi) is 6.54. The van der Waals surface area contributed by atoms with Crippen molar-refractivity contribution in [3.63, 3.8) is 0 Å². The number of nitro benzene ring substituents is 1. The van der Waals surface area contributed by atoms with Crippen molar-refractivity contribution >= 4 is 46.3 Å². The molecular weight excluding hydrogens is 390 g/mol. The molecule has 2 aromatic rings. The zero-order valence-electron chi connectivity index (χ0n) is 14.4. The van der Waals surface area contributed by atoms with Gasteiger partial charge in [-0.3, -0.25) is 14.9 Å². The van der Waals surface area contributed by atoms with Gasteiger partial charge in [-0.05, 0) is 24.3 Å². The van der Waals surface area contributed by atoms with E-state index in [1.165, 1.54) is 23.9 Å². The second-order valence-corrected chi connectivity index (χ2v) is 7.28. The highest BCUT2D eigenvalue weighted by Gasteiger charge is 2.19. The summed E-state index contributed by atoms with van der Waals surface area (Å²) in [4.78, 5) is 25.5. The van der Waals surface area contributed by atoms with Crippen LogP contribution in [0.25, 0.3) is 0 Å². The smallest absolute Gasteiger partial charge is 0.269 e. The third-order valence-corrected chi connectivity index (χ3v) is 5.32. The highest BCUT2D eigenvalue weighted by molar-refractivity contribution is 8.00. The predicted molar refractivity (Wildman–Crippen MR) is 107 cm³/mol. The van der Waals surface area contributed by atoms with Crippen LogP contribution in [0.15, 0.2) is 47.4 Å². The summed E-state index contributed by atoms with van der Waals surface area (Å²) in [6.45, 7) is 2.66. The van der Waals surface area contributed by atoms with E-state index in [4.69, 9.17) is 16.3 Å². The molecule has 0 bridgehead atoms. The van der Waals surface area contributed by atoms with Gasteiger partial charge in [0.05, 0.1) is 40.3 Å². The SMILES string of the molecule is O=C(CSc1ccc([N+](=O)[O-])cc1)Nc1cccc(Cl)c1N1CCOCC1. The van der Waals surface area contributed by atoms with Gasteiger partial charge < -0.3 is 15.0 Å². The number of halogens is 1. The van der Waals surface area contributed by atoms with Crippen LogP contribution in [0.2, 0.25) is 5.02 Å². The van der Waals surface area contributed by atoms with E-state index >= 15 is 0 Å². The van der Waals surface area contributed by atoms with Crippen LogP contribution < -0.4 is 10.2 Å². The van der Waals surface area contributed by atoms with Crippen LogP contribution >= 0.6 is 23.4 Å². The van der Waals surface area contributed by atoms with Gasteiger partial charge in [-0.25, -0.2) is 0 Å². The number of nitrogens with one attached hydrogen (secondary N) is 1. The van der Waals surface area contributed by atoms with E-state index in [0.29, 0.717) is 37.0 Å². The Bertz CT molecular complexity index is 826.